The van der Waals surface area contributed by atoms with Gasteiger partial charge in [-0.3, -0.25) is 4.79 Å². The lowest BCUT2D eigenvalue weighted by Crippen LogP contribution is -2.24. The minimum Gasteiger partial charge on any atom is -0.460 e. The number of aryl methyl sites for hydroxylation is 1. The Balaban J connectivity index is 1.79. The first kappa shape index (κ1) is 31.1. The topological polar surface area (TPSA) is 63.0 Å². The summed E-state index contributed by atoms with van der Waals surface area (Å²) in [7, 11) is 0. The van der Waals surface area contributed by atoms with Crippen LogP contribution in [0.1, 0.15) is 50.7 Å². The van der Waals surface area contributed by atoms with Crippen LogP contribution in [0.5, 0.6) is 0 Å². The Morgan fingerprint density at radius 2 is 1.59 bits per heavy atom. The van der Waals surface area contributed by atoms with Crippen molar-refractivity contribution in [2.75, 3.05) is 28.8 Å². The van der Waals surface area contributed by atoms with E-state index < -0.39 is 0 Å². The third-order valence-electron chi connectivity index (χ3n) is 6.05. The third kappa shape index (κ3) is 10.3. The Morgan fingerprint density at radius 1 is 0.949 bits per heavy atom. The molecule has 1 heterocycles. The van der Waals surface area contributed by atoms with Gasteiger partial charge in [-0.25, -0.2) is 4.98 Å². The summed E-state index contributed by atoms with van der Waals surface area (Å²) in [6.07, 6.45) is 4.58. The molecule has 3 rings (SSSR count). The van der Waals surface area contributed by atoms with E-state index >= 15 is 0 Å². The Labute approximate surface area is 246 Å². The number of benzene rings is 2. The number of thioether (sulfide) groups is 3. The Morgan fingerprint density at radius 3 is 2.18 bits per heavy atom. The van der Waals surface area contributed by atoms with Crippen LogP contribution in [0.25, 0.3) is 22.4 Å². The van der Waals surface area contributed by atoms with Crippen LogP contribution in [-0.2, 0) is 9.53 Å². The maximum Gasteiger partial charge on any atom is 0.316 e. The van der Waals surface area contributed by atoms with Crippen LogP contribution in [0.3, 0.4) is 0 Å². The summed E-state index contributed by atoms with van der Waals surface area (Å²) in [5.41, 5.74) is 5.17. The zero-order valence-corrected chi connectivity index (χ0v) is 25.6. The van der Waals surface area contributed by atoms with Gasteiger partial charge in [-0.1, -0.05) is 98.6 Å². The fraction of sp³-hybridized carbons (Fsp3) is 0.406. The second kappa shape index (κ2) is 17.3. The minimum absolute atomic E-state index is 0.107. The molecule has 0 saturated carbocycles. The van der Waals surface area contributed by atoms with Crippen molar-refractivity contribution in [2.45, 2.75) is 57.6 Å². The smallest absolute Gasteiger partial charge is 0.316 e. The van der Waals surface area contributed by atoms with Crippen molar-refractivity contribution in [3.8, 4) is 28.5 Å². The third-order valence-corrected chi connectivity index (χ3v) is 9.37. The van der Waals surface area contributed by atoms with Gasteiger partial charge in [-0.2, -0.15) is 28.8 Å². The maximum absolute atomic E-state index is 13.0. The first-order chi connectivity index (χ1) is 19.0. The van der Waals surface area contributed by atoms with Gasteiger partial charge in [-0.15, -0.1) is 0 Å². The number of ether oxygens (including phenoxy) is 1. The molecule has 39 heavy (non-hydrogen) atoms. The van der Waals surface area contributed by atoms with Gasteiger partial charge in [-0.05, 0) is 42.9 Å². The van der Waals surface area contributed by atoms with Crippen LogP contribution in [0, 0.1) is 18.3 Å². The van der Waals surface area contributed by atoms with Crippen LogP contribution in [0.15, 0.2) is 65.7 Å². The number of aromatic nitrogens is 1. The molecule has 0 fully saturated rings. The SMILES string of the molecule is CCCCSCC(CSCCCC)OC(=O)CSc1nc(-c2ccc(C)cc2)cc(-c2ccccc2)c1C#N. The summed E-state index contributed by atoms with van der Waals surface area (Å²) in [6.45, 7) is 6.43. The molecule has 2 aromatic carbocycles. The van der Waals surface area contributed by atoms with Gasteiger partial charge in [0.1, 0.15) is 17.2 Å². The fourth-order valence-electron chi connectivity index (χ4n) is 3.84. The first-order valence-electron chi connectivity index (χ1n) is 13.6. The number of nitrogens with zero attached hydrogens (tertiary/aromatic N) is 2. The van der Waals surface area contributed by atoms with Crippen LogP contribution < -0.4 is 0 Å². The summed E-state index contributed by atoms with van der Waals surface area (Å²) in [5.74, 6) is 3.66. The molecule has 0 N–H and O–H groups in total. The number of hydrogen-bond donors (Lipinski definition) is 0. The van der Waals surface area contributed by atoms with E-state index in [2.05, 4.69) is 39.0 Å². The van der Waals surface area contributed by atoms with E-state index in [4.69, 9.17) is 9.72 Å². The van der Waals surface area contributed by atoms with Gasteiger partial charge >= 0.3 is 5.97 Å². The van der Waals surface area contributed by atoms with Crippen molar-refractivity contribution in [3.63, 3.8) is 0 Å². The summed E-state index contributed by atoms with van der Waals surface area (Å²) in [6, 6.07) is 22.4. The summed E-state index contributed by atoms with van der Waals surface area (Å²) in [4.78, 5) is 17.8. The Hall–Kier alpha value is -2.40. The molecular weight excluding hydrogens is 541 g/mol. The van der Waals surface area contributed by atoms with Crippen molar-refractivity contribution < 1.29 is 9.53 Å². The number of pyridine rings is 1. The van der Waals surface area contributed by atoms with Gasteiger partial charge < -0.3 is 4.74 Å². The molecular formula is C32H38N2O2S3. The number of carbonyl (C=O) groups excluding carboxylic acids is 1. The summed E-state index contributed by atoms with van der Waals surface area (Å²) >= 11 is 5.00. The van der Waals surface area contributed by atoms with Crippen LogP contribution >= 0.6 is 35.3 Å². The molecule has 0 saturated heterocycles. The monoisotopic (exact) mass is 578 g/mol. The lowest BCUT2D eigenvalue weighted by atomic mass is 9.99. The highest BCUT2D eigenvalue weighted by Crippen LogP contribution is 2.34. The number of nitriles is 1. The molecule has 1 aromatic heterocycles. The average Bonchev–Trinajstić information content (AvgIpc) is 2.96. The highest BCUT2D eigenvalue weighted by Gasteiger charge is 2.19. The number of esters is 1. The van der Waals surface area contributed by atoms with Gasteiger partial charge in [0.05, 0.1) is 17.0 Å². The van der Waals surface area contributed by atoms with E-state index in [-0.39, 0.29) is 17.8 Å². The lowest BCUT2D eigenvalue weighted by Gasteiger charge is -2.18. The van der Waals surface area contributed by atoms with Gasteiger partial charge in [0.25, 0.3) is 0 Å². The summed E-state index contributed by atoms with van der Waals surface area (Å²) < 4.78 is 5.94. The second-order valence-electron chi connectivity index (χ2n) is 9.34. The number of carbonyl (C=O) groups is 1. The molecule has 0 aliphatic heterocycles. The molecule has 0 unspecified atom stereocenters. The molecule has 0 aliphatic rings. The summed E-state index contributed by atoms with van der Waals surface area (Å²) in [5, 5.41) is 10.7. The molecule has 4 nitrogen and oxygen atoms in total. The van der Waals surface area contributed by atoms with Gasteiger partial charge in [0, 0.05) is 22.6 Å². The van der Waals surface area contributed by atoms with Crippen molar-refractivity contribution in [1.82, 2.24) is 4.98 Å². The molecule has 0 atom stereocenters. The zero-order chi connectivity index (χ0) is 27.9. The average molecular weight is 579 g/mol. The predicted octanol–water partition coefficient (Wildman–Crippen LogP) is 8.67. The fourth-order valence-corrected chi connectivity index (χ4v) is 6.99. The molecule has 7 heteroatoms. The second-order valence-corrected chi connectivity index (χ2v) is 12.6. The van der Waals surface area contributed by atoms with Gasteiger partial charge in [0.2, 0.25) is 0 Å². The zero-order valence-electron chi connectivity index (χ0n) is 23.2. The molecule has 206 valence electrons. The van der Waals surface area contributed by atoms with E-state index in [9.17, 15) is 10.1 Å². The minimum atomic E-state index is -0.259. The molecule has 3 aromatic rings. The van der Waals surface area contributed by atoms with Crippen LogP contribution in [-0.4, -0.2) is 45.8 Å². The number of rotatable bonds is 16. The highest BCUT2D eigenvalue weighted by atomic mass is 32.2. The molecule has 0 bridgehead atoms. The van der Waals surface area contributed by atoms with Gasteiger partial charge in [0.15, 0.2) is 0 Å². The standard InChI is InChI=1S/C32H38N2O2S3/c1-4-6-17-37-21-27(22-38-18-7-5-2)36-31(35)23-39-32-29(20-33)28(25-11-9-8-10-12-25)19-30(34-32)26-15-13-24(3)14-16-26/h8-16,19,27H,4-7,17-18,21-23H2,1-3H3. The highest BCUT2D eigenvalue weighted by molar-refractivity contribution is 8.00. The van der Waals surface area contributed by atoms with Crippen molar-refractivity contribution >= 4 is 41.3 Å². The lowest BCUT2D eigenvalue weighted by molar-refractivity contribution is -0.143. The molecule has 0 amide bonds. The largest absolute Gasteiger partial charge is 0.460 e. The normalized spacial score (nSPS) is 10.9. The van der Waals surface area contributed by atoms with Crippen LogP contribution in [0.4, 0.5) is 0 Å². The quantitative estimate of drug-likeness (QED) is 0.0957. The Kier molecular flexibility index (Phi) is 13.8. The van der Waals surface area contributed by atoms with E-state index in [1.807, 2.05) is 72.1 Å². The molecule has 0 aliphatic carbocycles. The predicted molar refractivity (Wildman–Crippen MR) is 170 cm³/mol. The molecule has 0 radical (unpaired) electrons. The number of hydrogen-bond acceptors (Lipinski definition) is 7. The first-order valence-corrected chi connectivity index (χ1v) is 16.9. The van der Waals surface area contributed by atoms with Crippen molar-refractivity contribution in [3.05, 3.63) is 71.8 Å². The van der Waals surface area contributed by atoms with E-state index in [1.54, 1.807) is 0 Å². The van der Waals surface area contributed by atoms with Crippen molar-refractivity contribution in [2.24, 2.45) is 0 Å². The van der Waals surface area contributed by atoms with Crippen molar-refractivity contribution in [1.29, 1.82) is 5.26 Å². The van der Waals surface area contributed by atoms with Crippen LogP contribution in [0.2, 0.25) is 0 Å². The molecule has 0 spiro atoms. The van der Waals surface area contributed by atoms with E-state index in [1.165, 1.54) is 43.0 Å². The number of unbranched alkanes of at least 4 members (excludes halogenated alkanes) is 2. The maximum atomic E-state index is 13.0. The van der Waals surface area contributed by atoms with E-state index in [0.29, 0.717) is 10.6 Å². The Bertz CT molecular complexity index is 1200. The van der Waals surface area contributed by atoms with E-state index in [0.717, 1.165) is 45.4 Å².